The van der Waals surface area contributed by atoms with Gasteiger partial charge >= 0.3 is 0 Å². The summed E-state index contributed by atoms with van der Waals surface area (Å²) in [5, 5.41) is 24.5. The average Bonchev–Trinajstić information content (AvgIpc) is 2.20. The van der Waals surface area contributed by atoms with Crippen LogP contribution in [-0.2, 0) is 0 Å². The summed E-state index contributed by atoms with van der Waals surface area (Å²) in [6, 6.07) is 0. The van der Waals surface area contributed by atoms with Gasteiger partial charge in [-0.2, -0.15) is 0 Å². The van der Waals surface area contributed by atoms with Crippen LogP contribution in [0.15, 0.2) is 16.3 Å². The summed E-state index contributed by atoms with van der Waals surface area (Å²) in [5.41, 5.74) is 2.66. The summed E-state index contributed by atoms with van der Waals surface area (Å²) in [6.07, 6.45) is 5.54. The molecule has 0 heterocycles. The lowest BCUT2D eigenvalue weighted by atomic mass is 9.49. The summed E-state index contributed by atoms with van der Waals surface area (Å²) in [4.78, 5) is 0. The molecule has 1 fully saturated rings. The SMILES string of the molecule is CC1(C)CC(=NO)C2=C(C1)CC1(C)CC(C)(C)CC2(O)C1. The largest absolute Gasteiger partial charge is 0.411 e. The van der Waals surface area contributed by atoms with Gasteiger partial charge in [-0.05, 0) is 54.8 Å². The van der Waals surface area contributed by atoms with E-state index in [1.54, 1.807) is 0 Å². The highest BCUT2D eigenvalue weighted by Gasteiger charge is 2.56. The van der Waals surface area contributed by atoms with E-state index in [0.29, 0.717) is 0 Å². The van der Waals surface area contributed by atoms with E-state index in [1.165, 1.54) is 5.57 Å². The first-order chi connectivity index (χ1) is 9.48. The van der Waals surface area contributed by atoms with Crippen molar-refractivity contribution in [3.8, 4) is 0 Å². The Bertz CT molecular complexity index is 543. The fraction of sp³-hybridized carbons (Fsp3) is 0.833. The number of hydrogen-bond acceptors (Lipinski definition) is 3. The summed E-state index contributed by atoms with van der Waals surface area (Å²) >= 11 is 0. The van der Waals surface area contributed by atoms with E-state index in [1.807, 2.05) is 0 Å². The summed E-state index contributed by atoms with van der Waals surface area (Å²) < 4.78 is 0. The van der Waals surface area contributed by atoms with Crippen LogP contribution in [0.1, 0.15) is 73.1 Å². The molecule has 0 amide bonds. The minimum atomic E-state index is -0.803. The van der Waals surface area contributed by atoms with Crippen LogP contribution >= 0.6 is 0 Å². The van der Waals surface area contributed by atoms with Gasteiger partial charge in [-0.1, -0.05) is 45.3 Å². The third-order valence-corrected chi connectivity index (χ3v) is 5.60. The average molecular weight is 291 g/mol. The van der Waals surface area contributed by atoms with Crippen LogP contribution in [0, 0.1) is 16.2 Å². The molecule has 0 radical (unpaired) electrons. The van der Waals surface area contributed by atoms with E-state index < -0.39 is 5.60 Å². The highest BCUT2D eigenvalue weighted by atomic mass is 16.4. The zero-order valence-electron chi connectivity index (χ0n) is 14.1. The van der Waals surface area contributed by atoms with E-state index >= 15 is 0 Å². The number of hydrogen-bond donors (Lipinski definition) is 2. The molecule has 0 aromatic heterocycles. The van der Waals surface area contributed by atoms with Crippen molar-refractivity contribution in [1.29, 1.82) is 0 Å². The number of fused-ring (bicyclic) bond motifs is 3. The summed E-state index contributed by atoms with van der Waals surface area (Å²) in [5.74, 6) is 0. The van der Waals surface area contributed by atoms with Crippen molar-refractivity contribution < 1.29 is 10.3 Å². The van der Waals surface area contributed by atoms with Crippen LogP contribution in [0.4, 0.5) is 0 Å². The van der Waals surface area contributed by atoms with Gasteiger partial charge in [-0.25, -0.2) is 0 Å². The van der Waals surface area contributed by atoms with Gasteiger partial charge in [0.2, 0.25) is 0 Å². The van der Waals surface area contributed by atoms with Crippen LogP contribution in [0.25, 0.3) is 0 Å². The second-order valence-corrected chi connectivity index (χ2v) is 9.76. The van der Waals surface area contributed by atoms with Gasteiger partial charge in [0, 0.05) is 5.57 Å². The molecular formula is C18H29NO2. The van der Waals surface area contributed by atoms with E-state index in [2.05, 4.69) is 39.8 Å². The molecule has 0 spiro atoms. The quantitative estimate of drug-likeness (QED) is 0.517. The molecule has 0 aliphatic heterocycles. The zero-order valence-corrected chi connectivity index (χ0v) is 14.1. The van der Waals surface area contributed by atoms with Gasteiger partial charge in [0.25, 0.3) is 0 Å². The first-order valence-corrected chi connectivity index (χ1v) is 8.14. The van der Waals surface area contributed by atoms with E-state index in [0.717, 1.165) is 49.8 Å². The normalized spacial score (nSPS) is 42.9. The molecule has 0 aromatic carbocycles. The first-order valence-electron chi connectivity index (χ1n) is 8.14. The van der Waals surface area contributed by atoms with Gasteiger partial charge in [0.05, 0.1) is 11.3 Å². The van der Waals surface area contributed by atoms with Crippen molar-refractivity contribution in [1.82, 2.24) is 0 Å². The fourth-order valence-corrected chi connectivity index (χ4v) is 5.97. The van der Waals surface area contributed by atoms with Gasteiger partial charge in [0.1, 0.15) is 0 Å². The molecule has 2 unspecified atom stereocenters. The molecule has 21 heavy (non-hydrogen) atoms. The molecule has 2 atom stereocenters. The van der Waals surface area contributed by atoms with Crippen molar-refractivity contribution in [2.24, 2.45) is 21.4 Å². The molecule has 118 valence electrons. The Balaban J connectivity index is 2.15. The Morgan fingerprint density at radius 3 is 2.14 bits per heavy atom. The van der Waals surface area contributed by atoms with Crippen LogP contribution < -0.4 is 0 Å². The van der Waals surface area contributed by atoms with Crippen molar-refractivity contribution in [2.75, 3.05) is 0 Å². The maximum absolute atomic E-state index is 11.4. The van der Waals surface area contributed by atoms with Crippen molar-refractivity contribution in [3.63, 3.8) is 0 Å². The second kappa shape index (κ2) is 4.13. The van der Waals surface area contributed by atoms with Gasteiger partial charge < -0.3 is 10.3 Å². The lowest BCUT2D eigenvalue weighted by Crippen LogP contribution is -2.54. The molecule has 1 saturated carbocycles. The maximum Gasteiger partial charge on any atom is 0.0925 e. The molecule has 3 nitrogen and oxygen atoms in total. The van der Waals surface area contributed by atoms with Crippen molar-refractivity contribution in [3.05, 3.63) is 11.1 Å². The molecule has 0 aromatic rings. The van der Waals surface area contributed by atoms with Crippen LogP contribution in [0.2, 0.25) is 0 Å². The molecule has 3 aliphatic carbocycles. The Morgan fingerprint density at radius 2 is 1.52 bits per heavy atom. The molecule has 3 rings (SSSR count). The molecule has 3 aliphatic rings. The van der Waals surface area contributed by atoms with E-state index in [9.17, 15) is 10.3 Å². The number of rotatable bonds is 0. The monoisotopic (exact) mass is 291 g/mol. The molecule has 2 bridgehead atoms. The lowest BCUT2D eigenvalue weighted by Gasteiger charge is -2.57. The maximum atomic E-state index is 11.4. The predicted octanol–water partition coefficient (Wildman–Crippen LogP) is 4.28. The molecule has 0 saturated heterocycles. The van der Waals surface area contributed by atoms with E-state index in [4.69, 9.17) is 0 Å². The van der Waals surface area contributed by atoms with Crippen LogP contribution in [0.5, 0.6) is 0 Å². The standard InChI is InChI=1S/C18H29NO2/c1-15(2)6-12-7-17(5)9-16(3,4)10-18(20,11-17)14(12)13(8-15)19-21/h20-21H,6-11H2,1-5H3. The van der Waals surface area contributed by atoms with Crippen LogP contribution in [-0.4, -0.2) is 21.6 Å². The Kier molecular flexibility index (Phi) is 2.96. The second-order valence-electron chi connectivity index (χ2n) is 9.76. The predicted molar refractivity (Wildman–Crippen MR) is 84.6 cm³/mol. The van der Waals surface area contributed by atoms with Gasteiger partial charge in [-0.3, -0.25) is 0 Å². The third-order valence-electron chi connectivity index (χ3n) is 5.60. The Labute approximate surface area is 128 Å². The van der Waals surface area contributed by atoms with E-state index in [-0.39, 0.29) is 16.2 Å². The number of allylic oxidation sites excluding steroid dienone is 1. The molecule has 2 N–H and O–H groups in total. The van der Waals surface area contributed by atoms with Crippen LogP contribution in [0.3, 0.4) is 0 Å². The highest BCUT2D eigenvalue weighted by Crippen LogP contribution is 2.61. The smallest absolute Gasteiger partial charge is 0.0925 e. The Hall–Kier alpha value is -0.830. The van der Waals surface area contributed by atoms with Gasteiger partial charge in [-0.15, -0.1) is 0 Å². The van der Waals surface area contributed by atoms with Crippen molar-refractivity contribution in [2.45, 2.75) is 78.7 Å². The fourth-order valence-electron chi connectivity index (χ4n) is 5.97. The minimum absolute atomic E-state index is 0.119. The third kappa shape index (κ3) is 2.44. The summed E-state index contributed by atoms with van der Waals surface area (Å²) in [7, 11) is 0. The topological polar surface area (TPSA) is 52.8 Å². The zero-order chi connectivity index (χ0) is 15.7. The van der Waals surface area contributed by atoms with Crippen molar-refractivity contribution >= 4 is 5.71 Å². The van der Waals surface area contributed by atoms with Gasteiger partial charge in [0.15, 0.2) is 0 Å². The lowest BCUT2D eigenvalue weighted by molar-refractivity contribution is -0.0756. The number of oxime groups is 1. The minimum Gasteiger partial charge on any atom is -0.411 e. The number of aliphatic hydroxyl groups is 1. The first kappa shape index (κ1) is 15.1. The summed E-state index contributed by atoms with van der Waals surface area (Å²) in [6.45, 7) is 11.3. The highest BCUT2D eigenvalue weighted by molar-refractivity contribution is 6.03. The molecular weight excluding hydrogens is 262 g/mol. The molecule has 3 heteroatoms. The Morgan fingerprint density at radius 1 is 0.857 bits per heavy atom. The number of nitrogens with zero attached hydrogens (tertiary/aromatic N) is 1.